The number of nitrogens with one attached hydrogen (secondary N) is 1. The average molecular weight is 254 g/mol. The van der Waals surface area contributed by atoms with E-state index in [0.717, 1.165) is 6.07 Å². The summed E-state index contributed by atoms with van der Waals surface area (Å²) in [5.41, 5.74) is -1.07. The largest absolute Gasteiger partial charge is 0.478 e. The van der Waals surface area contributed by atoms with E-state index < -0.39 is 17.6 Å². The van der Waals surface area contributed by atoms with E-state index in [9.17, 15) is 13.2 Å². The highest BCUT2D eigenvalue weighted by Gasteiger charge is 2.34. The first-order valence-corrected chi connectivity index (χ1v) is 4.34. The monoisotopic (exact) mass is 253 g/mol. The molecule has 0 saturated heterocycles. The first kappa shape index (κ1) is 14.8. The third kappa shape index (κ3) is 3.41. The maximum atomic E-state index is 12.5. The molecule has 6 heteroatoms. The predicted molar refractivity (Wildman–Crippen MR) is 57.1 cm³/mol. The fourth-order valence-corrected chi connectivity index (χ4v) is 1.15. The molecule has 0 aliphatic rings. The van der Waals surface area contributed by atoms with Gasteiger partial charge in [0.15, 0.2) is 0 Å². The molecule has 0 saturated carbocycles. The van der Waals surface area contributed by atoms with Gasteiger partial charge >= 0.3 is 6.18 Å². The van der Waals surface area contributed by atoms with Crippen molar-refractivity contribution < 1.29 is 17.9 Å². The fourth-order valence-electron chi connectivity index (χ4n) is 1.15. The molecule has 0 aromatic heterocycles. The lowest BCUT2D eigenvalue weighted by molar-refractivity contribution is -0.137. The second-order valence-corrected chi connectivity index (χ2v) is 2.81. The second-order valence-electron chi connectivity index (χ2n) is 2.81. The molecule has 16 heavy (non-hydrogen) atoms. The quantitative estimate of drug-likeness (QED) is 0.635. The topological polar surface area (TPSA) is 33.1 Å². The molecule has 0 amide bonds. The van der Waals surface area contributed by atoms with Gasteiger partial charge in [0.1, 0.15) is 0 Å². The van der Waals surface area contributed by atoms with E-state index in [1.165, 1.54) is 18.2 Å². The zero-order valence-corrected chi connectivity index (χ0v) is 9.28. The minimum absolute atomic E-state index is 0. The summed E-state index contributed by atoms with van der Waals surface area (Å²) in [7, 11) is 0. The van der Waals surface area contributed by atoms with Crippen molar-refractivity contribution in [1.29, 1.82) is 5.41 Å². The average Bonchev–Trinajstić information content (AvgIpc) is 2.17. The van der Waals surface area contributed by atoms with Crippen LogP contribution in [0.5, 0.6) is 0 Å². The predicted octanol–water partition coefficient (Wildman–Crippen LogP) is 3.49. The Kier molecular flexibility index (Phi) is 5.30. The van der Waals surface area contributed by atoms with Crippen LogP contribution in [0.25, 0.3) is 0 Å². The van der Waals surface area contributed by atoms with Crippen molar-refractivity contribution in [2.75, 3.05) is 6.61 Å². The maximum Gasteiger partial charge on any atom is 0.417 e. The molecular weight excluding hydrogens is 243 g/mol. The van der Waals surface area contributed by atoms with Gasteiger partial charge in [0.05, 0.1) is 12.2 Å². The lowest BCUT2D eigenvalue weighted by Gasteiger charge is -2.12. The third-order valence-corrected chi connectivity index (χ3v) is 1.77. The summed E-state index contributed by atoms with van der Waals surface area (Å²) in [6, 6.07) is 4.88. The van der Waals surface area contributed by atoms with Crippen LogP contribution >= 0.6 is 12.4 Å². The first-order chi connectivity index (χ1) is 6.96. The molecule has 0 aliphatic carbocycles. The Bertz CT molecular complexity index is 365. The van der Waals surface area contributed by atoms with Gasteiger partial charge in [-0.15, -0.1) is 12.4 Å². The minimum atomic E-state index is -4.46. The number of alkyl halides is 3. The Morgan fingerprint density at radius 3 is 2.38 bits per heavy atom. The lowest BCUT2D eigenvalue weighted by Crippen LogP contribution is -2.14. The molecule has 2 nitrogen and oxygen atoms in total. The molecule has 1 N–H and O–H groups in total. The van der Waals surface area contributed by atoms with Crippen molar-refractivity contribution in [1.82, 2.24) is 0 Å². The van der Waals surface area contributed by atoms with Gasteiger partial charge in [-0.2, -0.15) is 13.2 Å². The molecule has 0 atom stereocenters. The van der Waals surface area contributed by atoms with E-state index in [0.29, 0.717) is 0 Å². The van der Waals surface area contributed by atoms with Crippen LogP contribution in [0.15, 0.2) is 24.3 Å². The van der Waals surface area contributed by atoms with Crippen LogP contribution < -0.4 is 0 Å². The third-order valence-electron chi connectivity index (χ3n) is 1.77. The molecule has 1 rings (SSSR count). The zero-order chi connectivity index (χ0) is 11.5. The van der Waals surface area contributed by atoms with Crippen LogP contribution in [-0.2, 0) is 10.9 Å². The number of rotatable bonds is 2. The van der Waals surface area contributed by atoms with Crippen LogP contribution in [0.4, 0.5) is 13.2 Å². The Morgan fingerprint density at radius 2 is 1.88 bits per heavy atom. The van der Waals surface area contributed by atoms with Crippen molar-refractivity contribution in [3.63, 3.8) is 0 Å². The second kappa shape index (κ2) is 5.75. The van der Waals surface area contributed by atoms with E-state index in [2.05, 4.69) is 0 Å². The number of hydrogen-bond acceptors (Lipinski definition) is 2. The Hall–Kier alpha value is -1.23. The molecule has 0 fully saturated rings. The highest BCUT2D eigenvalue weighted by Crippen LogP contribution is 2.31. The number of halogens is 4. The summed E-state index contributed by atoms with van der Waals surface area (Å²) in [5.74, 6) is -0.453. The van der Waals surface area contributed by atoms with E-state index >= 15 is 0 Å². The summed E-state index contributed by atoms with van der Waals surface area (Å²) in [5, 5.41) is 7.33. The van der Waals surface area contributed by atoms with Crippen LogP contribution in [0.2, 0.25) is 0 Å². The van der Waals surface area contributed by atoms with Crippen LogP contribution in [-0.4, -0.2) is 12.5 Å². The summed E-state index contributed by atoms with van der Waals surface area (Å²) >= 11 is 0. The van der Waals surface area contributed by atoms with Crippen LogP contribution in [0.1, 0.15) is 18.1 Å². The van der Waals surface area contributed by atoms with Crippen molar-refractivity contribution in [2.45, 2.75) is 13.1 Å². The molecule has 0 bridgehead atoms. The maximum absolute atomic E-state index is 12.5. The molecule has 0 heterocycles. The summed E-state index contributed by atoms with van der Waals surface area (Å²) in [6.07, 6.45) is -4.46. The fraction of sp³-hybridized carbons (Fsp3) is 0.300. The van der Waals surface area contributed by atoms with Crippen LogP contribution in [0, 0.1) is 5.41 Å². The molecular formula is C10H11ClF3NO. The van der Waals surface area contributed by atoms with Gasteiger partial charge in [-0.1, -0.05) is 12.1 Å². The first-order valence-electron chi connectivity index (χ1n) is 4.34. The normalized spacial score (nSPS) is 10.5. The molecule has 1 aromatic carbocycles. The highest BCUT2D eigenvalue weighted by molar-refractivity contribution is 5.93. The number of benzene rings is 1. The molecule has 0 radical (unpaired) electrons. The van der Waals surface area contributed by atoms with E-state index in [-0.39, 0.29) is 24.6 Å². The molecule has 0 unspecified atom stereocenters. The molecule has 0 spiro atoms. The number of ether oxygens (including phenoxy) is 1. The van der Waals surface area contributed by atoms with E-state index in [1.54, 1.807) is 6.92 Å². The van der Waals surface area contributed by atoms with Crippen molar-refractivity contribution in [2.24, 2.45) is 0 Å². The Labute approximate surface area is 97.3 Å². The highest BCUT2D eigenvalue weighted by atomic mass is 35.5. The van der Waals surface area contributed by atoms with Gasteiger partial charge in [0.2, 0.25) is 5.90 Å². The Balaban J connectivity index is 0.00000225. The van der Waals surface area contributed by atoms with Crippen molar-refractivity contribution >= 4 is 18.3 Å². The zero-order valence-electron chi connectivity index (χ0n) is 8.47. The summed E-state index contributed by atoms with van der Waals surface area (Å²) in [6.45, 7) is 1.79. The number of hydrogen-bond donors (Lipinski definition) is 1. The summed E-state index contributed by atoms with van der Waals surface area (Å²) < 4.78 is 42.2. The van der Waals surface area contributed by atoms with Gasteiger partial charge in [0, 0.05) is 5.56 Å². The van der Waals surface area contributed by atoms with Gasteiger partial charge in [-0.3, -0.25) is 5.41 Å². The van der Waals surface area contributed by atoms with Gasteiger partial charge in [0.25, 0.3) is 0 Å². The SMILES string of the molecule is CCOC(=N)c1ccccc1C(F)(F)F.Cl. The van der Waals surface area contributed by atoms with Gasteiger partial charge < -0.3 is 4.74 Å². The summed E-state index contributed by atoms with van der Waals surface area (Å²) in [4.78, 5) is 0. The smallest absolute Gasteiger partial charge is 0.417 e. The molecule has 90 valence electrons. The van der Waals surface area contributed by atoms with Crippen molar-refractivity contribution in [3.05, 3.63) is 35.4 Å². The van der Waals surface area contributed by atoms with Crippen molar-refractivity contribution in [3.8, 4) is 0 Å². The van der Waals surface area contributed by atoms with Gasteiger partial charge in [-0.25, -0.2) is 0 Å². The minimum Gasteiger partial charge on any atom is -0.478 e. The van der Waals surface area contributed by atoms with Crippen LogP contribution in [0.3, 0.4) is 0 Å². The molecule has 0 aliphatic heterocycles. The molecule has 1 aromatic rings. The van der Waals surface area contributed by atoms with E-state index in [4.69, 9.17) is 10.1 Å². The van der Waals surface area contributed by atoms with E-state index in [1.807, 2.05) is 0 Å². The Morgan fingerprint density at radius 1 is 1.31 bits per heavy atom. The van der Waals surface area contributed by atoms with Gasteiger partial charge in [-0.05, 0) is 19.1 Å². The lowest BCUT2D eigenvalue weighted by atomic mass is 10.1. The standard InChI is InChI=1S/C10H10F3NO.ClH/c1-2-15-9(14)7-5-3-4-6-8(7)10(11,12)13;/h3-6,14H,2H2,1H3;1H.